The number of esters is 5. The summed E-state index contributed by atoms with van der Waals surface area (Å²) in [5.74, 6) is -3.96. The SMILES string of the molecule is C=CC(=O)OCC(O)COC(=O)CC(C)C(C)CC(=O)OCC(COC(=O)C=C)OC(=O)C=C. The molecule has 4 unspecified atom stereocenters. The Balaban J connectivity index is 4.45. The molecule has 0 aliphatic carbocycles. The number of carbonyl (C=O) groups excluding carboxylic acids is 5. The number of ether oxygens (including phenoxy) is 5. The lowest BCUT2D eigenvalue weighted by molar-refractivity contribution is -0.162. The molecule has 0 aliphatic heterocycles. The fourth-order valence-corrected chi connectivity index (χ4v) is 2.27. The van der Waals surface area contributed by atoms with Crippen molar-refractivity contribution in [3.8, 4) is 0 Å². The van der Waals surface area contributed by atoms with E-state index in [1.54, 1.807) is 13.8 Å². The number of hydrogen-bond acceptors (Lipinski definition) is 11. The molecule has 34 heavy (non-hydrogen) atoms. The van der Waals surface area contributed by atoms with E-state index >= 15 is 0 Å². The van der Waals surface area contributed by atoms with Gasteiger partial charge in [0.25, 0.3) is 0 Å². The van der Waals surface area contributed by atoms with Crippen molar-refractivity contribution >= 4 is 29.8 Å². The first-order valence-electron chi connectivity index (χ1n) is 10.4. The van der Waals surface area contributed by atoms with Gasteiger partial charge in [-0.1, -0.05) is 33.6 Å². The van der Waals surface area contributed by atoms with Crippen LogP contribution in [0.4, 0.5) is 0 Å². The number of hydrogen-bond donors (Lipinski definition) is 1. The molecule has 0 fully saturated rings. The van der Waals surface area contributed by atoms with E-state index in [-0.39, 0.29) is 51.1 Å². The monoisotopic (exact) mass is 484 g/mol. The number of rotatable bonds is 17. The molecule has 0 rings (SSSR count). The molecule has 4 atom stereocenters. The van der Waals surface area contributed by atoms with Crippen LogP contribution in [0.2, 0.25) is 0 Å². The fourth-order valence-electron chi connectivity index (χ4n) is 2.27. The van der Waals surface area contributed by atoms with Crippen LogP contribution in [0.25, 0.3) is 0 Å². The topological polar surface area (TPSA) is 152 Å². The van der Waals surface area contributed by atoms with Crippen LogP contribution in [0.1, 0.15) is 26.7 Å². The van der Waals surface area contributed by atoms with Gasteiger partial charge in [-0.25, -0.2) is 14.4 Å². The summed E-state index contributed by atoms with van der Waals surface area (Å²) in [6.07, 6.45) is 0.527. The minimum Gasteiger partial charge on any atom is -0.463 e. The van der Waals surface area contributed by atoms with Crippen LogP contribution in [0, 0.1) is 11.8 Å². The predicted octanol–water partition coefficient (Wildman–Crippen LogP) is 1.04. The van der Waals surface area contributed by atoms with Gasteiger partial charge in [-0.15, -0.1) is 0 Å². The normalized spacial score (nSPS) is 13.7. The number of aliphatic hydroxyl groups is 1. The quantitative estimate of drug-likeness (QED) is 0.179. The molecule has 0 radical (unpaired) electrons. The molecule has 0 spiro atoms. The van der Waals surface area contributed by atoms with Crippen LogP contribution in [0.5, 0.6) is 0 Å². The van der Waals surface area contributed by atoms with Crippen molar-refractivity contribution in [1.82, 2.24) is 0 Å². The van der Waals surface area contributed by atoms with E-state index in [1.165, 1.54) is 0 Å². The Bertz CT molecular complexity index is 743. The Labute approximate surface area is 198 Å². The summed E-state index contributed by atoms with van der Waals surface area (Å²) >= 11 is 0. The maximum Gasteiger partial charge on any atom is 0.330 e. The van der Waals surface area contributed by atoms with Gasteiger partial charge in [0, 0.05) is 31.1 Å². The van der Waals surface area contributed by atoms with Gasteiger partial charge in [-0.2, -0.15) is 0 Å². The largest absolute Gasteiger partial charge is 0.463 e. The third kappa shape index (κ3) is 14.6. The van der Waals surface area contributed by atoms with Crippen molar-refractivity contribution in [2.24, 2.45) is 11.8 Å². The highest BCUT2D eigenvalue weighted by Gasteiger charge is 2.23. The highest BCUT2D eigenvalue weighted by Crippen LogP contribution is 2.20. The van der Waals surface area contributed by atoms with E-state index in [4.69, 9.17) is 18.9 Å². The summed E-state index contributed by atoms with van der Waals surface area (Å²) < 4.78 is 24.5. The van der Waals surface area contributed by atoms with Crippen molar-refractivity contribution in [2.75, 3.05) is 26.4 Å². The molecule has 0 amide bonds. The molecule has 0 aromatic heterocycles. The second kappa shape index (κ2) is 17.1. The molecule has 11 heteroatoms. The minimum absolute atomic E-state index is 0.0231. The zero-order valence-corrected chi connectivity index (χ0v) is 19.4. The van der Waals surface area contributed by atoms with Gasteiger partial charge in [0.05, 0.1) is 0 Å². The van der Waals surface area contributed by atoms with Crippen LogP contribution >= 0.6 is 0 Å². The van der Waals surface area contributed by atoms with E-state index in [0.717, 1.165) is 18.2 Å². The second-order valence-electron chi connectivity index (χ2n) is 7.31. The minimum atomic E-state index is -1.18. The van der Waals surface area contributed by atoms with Gasteiger partial charge in [0.15, 0.2) is 6.10 Å². The zero-order chi connectivity index (χ0) is 26.1. The average Bonchev–Trinajstić information content (AvgIpc) is 2.81. The number of aliphatic hydroxyl groups excluding tert-OH is 1. The molecule has 0 bridgehead atoms. The Morgan fingerprint density at radius 3 is 1.53 bits per heavy atom. The molecule has 1 N–H and O–H groups in total. The van der Waals surface area contributed by atoms with E-state index in [9.17, 15) is 29.1 Å². The lowest BCUT2D eigenvalue weighted by Gasteiger charge is -2.20. The van der Waals surface area contributed by atoms with Crippen molar-refractivity contribution in [3.63, 3.8) is 0 Å². The Hall–Kier alpha value is -3.47. The zero-order valence-electron chi connectivity index (χ0n) is 19.4. The van der Waals surface area contributed by atoms with Gasteiger partial charge in [0.2, 0.25) is 0 Å². The average molecular weight is 484 g/mol. The van der Waals surface area contributed by atoms with Crippen LogP contribution < -0.4 is 0 Å². The predicted molar refractivity (Wildman–Crippen MR) is 118 cm³/mol. The fraction of sp³-hybridized carbons (Fsp3) is 0.522. The summed E-state index contributed by atoms with van der Waals surface area (Å²) in [7, 11) is 0. The van der Waals surface area contributed by atoms with Gasteiger partial charge < -0.3 is 28.8 Å². The maximum atomic E-state index is 12.2. The highest BCUT2D eigenvalue weighted by atomic mass is 16.6. The molecule has 0 heterocycles. The lowest BCUT2D eigenvalue weighted by Crippen LogP contribution is -2.30. The Kier molecular flexibility index (Phi) is 15.3. The lowest BCUT2D eigenvalue weighted by atomic mass is 9.90. The second-order valence-corrected chi connectivity index (χ2v) is 7.31. The van der Waals surface area contributed by atoms with Crippen molar-refractivity contribution in [3.05, 3.63) is 38.0 Å². The Morgan fingerprint density at radius 2 is 1.06 bits per heavy atom. The third-order valence-electron chi connectivity index (χ3n) is 4.43. The van der Waals surface area contributed by atoms with E-state index < -0.39 is 42.1 Å². The van der Waals surface area contributed by atoms with Crippen LogP contribution in [0.15, 0.2) is 38.0 Å². The maximum absolute atomic E-state index is 12.2. The van der Waals surface area contributed by atoms with Crippen LogP contribution in [0.3, 0.4) is 0 Å². The standard InChI is InChI=1S/C23H32O11/c1-6-19(25)30-11-17(24)12-31-22(28)9-15(4)16(5)10-23(29)33-14-18(34-21(27)8-3)13-32-20(26)7-2/h6-8,15-18,24H,1-3,9-14H2,4-5H3. The van der Waals surface area contributed by atoms with Crippen molar-refractivity contribution in [2.45, 2.75) is 38.9 Å². The molecular formula is C23H32O11. The van der Waals surface area contributed by atoms with Gasteiger partial charge >= 0.3 is 29.8 Å². The summed E-state index contributed by atoms with van der Waals surface area (Å²) in [6, 6.07) is 0. The van der Waals surface area contributed by atoms with Gasteiger partial charge in [-0.3, -0.25) is 9.59 Å². The summed E-state index contributed by atoms with van der Waals surface area (Å²) in [4.78, 5) is 57.6. The summed E-state index contributed by atoms with van der Waals surface area (Å²) in [6.45, 7) is 11.8. The van der Waals surface area contributed by atoms with Crippen LogP contribution in [-0.2, 0) is 47.7 Å². The Morgan fingerprint density at radius 1 is 0.676 bits per heavy atom. The van der Waals surface area contributed by atoms with Crippen molar-refractivity contribution < 1.29 is 52.8 Å². The molecule has 0 aromatic rings. The van der Waals surface area contributed by atoms with E-state index in [0.29, 0.717) is 0 Å². The summed E-state index contributed by atoms with van der Waals surface area (Å²) in [5.41, 5.74) is 0. The van der Waals surface area contributed by atoms with Gasteiger partial charge in [-0.05, 0) is 11.8 Å². The first kappa shape index (κ1) is 30.5. The molecule has 0 aliphatic rings. The third-order valence-corrected chi connectivity index (χ3v) is 4.43. The molecule has 0 aromatic carbocycles. The molecule has 0 saturated carbocycles. The first-order valence-corrected chi connectivity index (χ1v) is 10.4. The van der Waals surface area contributed by atoms with Gasteiger partial charge in [0.1, 0.15) is 32.5 Å². The molecule has 190 valence electrons. The first-order chi connectivity index (χ1) is 16.0. The smallest absolute Gasteiger partial charge is 0.330 e. The van der Waals surface area contributed by atoms with E-state index in [2.05, 4.69) is 24.5 Å². The van der Waals surface area contributed by atoms with Crippen LogP contribution in [-0.4, -0.2) is 73.6 Å². The van der Waals surface area contributed by atoms with E-state index in [1.807, 2.05) is 0 Å². The molecule has 0 saturated heterocycles. The summed E-state index contributed by atoms with van der Waals surface area (Å²) in [5, 5.41) is 9.64. The molecule has 11 nitrogen and oxygen atoms in total. The van der Waals surface area contributed by atoms with Crippen molar-refractivity contribution in [1.29, 1.82) is 0 Å². The highest BCUT2D eigenvalue weighted by molar-refractivity contribution is 5.82. The molecular weight excluding hydrogens is 452 g/mol. The number of carbonyl (C=O) groups is 5.